The van der Waals surface area contributed by atoms with Crippen molar-refractivity contribution >= 4 is 0 Å². The first-order valence-corrected chi connectivity index (χ1v) is 8.53. The summed E-state index contributed by atoms with van der Waals surface area (Å²) in [6, 6.07) is 13.8. The number of hydrogen-bond acceptors (Lipinski definition) is 0. The van der Waals surface area contributed by atoms with Crippen molar-refractivity contribution < 1.29 is 0 Å². The van der Waals surface area contributed by atoms with Crippen molar-refractivity contribution in [3.05, 3.63) is 94.1 Å². The summed E-state index contributed by atoms with van der Waals surface area (Å²) in [7, 11) is 0. The highest BCUT2D eigenvalue weighted by atomic mass is 14.1. The number of allylic oxidation sites excluding steroid dienone is 4. The van der Waals surface area contributed by atoms with E-state index in [4.69, 9.17) is 0 Å². The van der Waals surface area contributed by atoms with Crippen LogP contribution in [0.25, 0.3) is 0 Å². The highest BCUT2D eigenvalue weighted by molar-refractivity contribution is 5.38. The van der Waals surface area contributed by atoms with Crippen LogP contribution in [0.15, 0.2) is 60.7 Å². The molecule has 0 saturated heterocycles. The molecule has 23 heavy (non-hydrogen) atoms. The minimum absolute atomic E-state index is 1.01. The lowest BCUT2D eigenvalue weighted by Crippen LogP contribution is -1.95. The van der Waals surface area contributed by atoms with Gasteiger partial charge in [0.15, 0.2) is 0 Å². The van der Waals surface area contributed by atoms with E-state index in [2.05, 4.69) is 88.4 Å². The van der Waals surface area contributed by atoms with Crippen molar-refractivity contribution in [3.63, 3.8) is 0 Å². The Labute approximate surface area is 141 Å². The summed E-state index contributed by atoms with van der Waals surface area (Å²) < 4.78 is 0. The van der Waals surface area contributed by atoms with Crippen LogP contribution in [0.3, 0.4) is 0 Å². The van der Waals surface area contributed by atoms with E-state index in [0.29, 0.717) is 0 Å². The third-order valence-corrected chi connectivity index (χ3v) is 4.38. The van der Waals surface area contributed by atoms with Gasteiger partial charge in [0.25, 0.3) is 0 Å². The Morgan fingerprint density at radius 3 is 1.52 bits per heavy atom. The van der Waals surface area contributed by atoms with E-state index in [-0.39, 0.29) is 0 Å². The fourth-order valence-electron chi connectivity index (χ4n) is 2.83. The Morgan fingerprint density at radius 2 is 1.13 bits per heavy atom. The number of rotatable bonds is 6. The van der Waals surface area contributed by atoms with Gasteiger partial charge in [-0.2, -0.15) is 0 Å². The Bertz CT molecular complexity index is 640. The van der Waals surface area contributed by atoms with E-state index < -0.39 is 0 Å². The predicted octanol–water partition coefficient (Wildman–Crippen LogP) is 6.13. The monoisotopic (exact) mass is 304 g/mol. The van der Waals surface area contributed by atoms with E-state index in [0.717, 1.165) is 19.3 Å². The fourth-order valence-corrected chi connectivity index (χ4v) is 2.83. The van der Waals surface area contributed by atoms with Crippen LogP contribution in [-0.2, 0) is 19.3 Å². The summed E-state index contributed by atoms with van der Waals surface area (Å²) in [6.07, 6.45) is 11.8. The zero-order valence-electron chi connectivity index (χ0n) is 14.9. The molecule has 0 unspecified atom stereocenters. The Balaban J connectivity index is 2.21. The molecule has 0 amide bonds. The van der Waals surface area contributed by atoms with Crippen molar-refractivity contribution in [2.24, 2.45) is 0 Å². The average molecular weight is 304 g/mol. The standard InChI is InChI=1S/C23H28/c1-5-7-9-22-16-20(13-11-18(22)3)15-21-14-12-19(4)23(17-21)10-8-6-2/h5-8,11-14,16-17H,9-10,15H2,1-4H3/b7-5+,8-6+. The molecule has 0 bridgehead atoms. The van der Waals surface area contributed by atoms with Crippen LogP contribution < -0.4 is 0 Å². The lowest BCUT2D eigenvalue weighted by atomic mass is 9.95. The molecule has 0 saturated carbocycles. The molecule has 0 spiro atoms. The van der Waals surface area contributed by atoms with Gasteiger partial charge < -0.3 is 0 Å². The molecule has 0 aliphatic carbocycles. The molecule has 0 heterocycles. The van der Waals surface area contributed by atoms with Crippen LogP contribution in [0.1, 0.15) is 47.2 Å². The summed E-state index contributed by atoms with van der Waals surface area (Å²) in [4.78, 5) is 0. The fraction of sp³-hybridized carbons (Fsp3) is 0.304. The van der Waals surface area contributed by atoms with Gasteiger partial charge in [-0.3, -0.25) is 0 Å². The Hall–Kier alpha value is -2.08. The van der Waals surface area contributed by atoms with Crippen molar-refractivity contribution in [1.82, 2.24) is 0 Å². The normalized spacial score (nSPS) is 11.7. The van der Waals surface area contributed by atoms with Crippen molar-refractivity contribution in [3.8, 4) is 0 Å². The SMILES string of the molecule is C/C=C/Cc1cc(Cc2ccc(C)c(C/C=C/C)c2)ccc1C. The quantitative estimate of drug-likeness (QED) is 0.563. The topological polar surface area (TPSA) is 0 Å². The molecule has 0 aliphatic heterocycles. The number of aryl methyl sites for hydroxylation is 2. The molecule has 0 aliphatic rings. The smallest absolute Gasteiger partial charge is 0.00256 e. The van der Waals surface area contributed by atoms with Crippen LogP contribution in [0.5, 0.6) is 0 Å². The minimum atomic E-state index is 1.01. The largest absolute Gasteiger partial charge is 0.0913 e. The molecule has 2 rings (SSSR count). The third-order valence-electron chi connectivity index (χ3n) is 4.38. The molecule has 0 radical (unpaired) electrons. The van der Waals surface area contributed by atoms with Gasteiger partial charge in [-0.1, -0.05) is 60.7 Å². The van der Waals surface area contributed by atoms with Gasteiger partial charge in [0.05, 0.1) is 0 Å². The Morgan fingerprint density at radius 1 is 0.696 bits per heavy atom. The van der Waals surface area contributed by atoms with Gasteiger partial charge in [-0.05, 0) is 80.3 Å². The van der Waals surface area contributed by atoms with Gasteiger partial charge in [-0.25, -0.2) is 0 Å². The molecule has 0 heteroatoms. The van der Waals surface area contributed by atoms with Crippen molar-refractivity contribution in [1.29, 1.82) is 0 Å². The predicted molar refractivity (Wildman–Crippen MR) is 102 cm³/mol. The van der Waals surface area contributed by atoms with E-state index in [1.165, 1.54) is 33.4 Å². The van der Waals surface area contributed by atoms with E-state index >= 15 is 0 Å². The highest BCUT2D eigenvalue weighted by Crippen LogP contribution is 2.19. The third kappa shape index (κ3) is 4.96. The molecule has 0 nitrogen and oxygen atoms in total. The van der Waals surface area contributed by atoms with Crippen LogP contribution in [0.2, 0.25) is 0 Å². The lowest BCUT2D eigenvalue weighted by molar-refractivity contribution is 1.11. The maximum absolute atomic E-state index is 2.36. The van der Waals surface area contributed by atoms with Gasteiger partial charge in [0.2, 0.25) is 0 Å². The maximum atomic E-state index is 2.36. The highest BCUT2D eigenvalue weighted by Gasteiger charge is 2.03. The molecule has 0 atom stereocenters. The van der Waals surface area contributed by atoms with Crippen LogP contribution in [-0.4, -0.2) is 0 Å². The molecule has 120 valence electrons. The first kappa shape index (κ1) is 17.3. The van der Waals surface area contributed by atoms with Crippen LogP contribution >= 0.6 is 0 Å². The molecular formula is C23H28. The second kappa shape index (κ2) is 8.53. The lowest BCUT2D eigenvalue weighted by Gasteiger charge is -2.10. The first-order valence-electron chi connectivity index (χ1n) is 8.53. The van der Waals surface area contributed by atoms with Gasteiger partial charge in [0, 0.05) is 0 Å². The molecule has 0 aromatic heterocycles. The zero-order chi connectivity index (χ0) is 16.7. The summed E-state index contributed by atoms with van der Waals surface area (Å²) in [6.45, 7) is 8.56. The number of benzene rings is 2. The van der Waals surface area contributed by atoms with Gasteiger partial charge in [0.1, 0.15) is 0 Å². The van der Waals surface area contributed by atoms with Gasteiger partial charge in [-0.15, -0.1) is 0 Å². The summed E-state index contributed by atoms with van der Waals surface area (Å²) in [5.41, 5.74) is 8.42. The van der Waals surface area contributed by atoms with Crippen molar-refractivity contribution in [2.75, 3.05) is 0 Å². The molecule has 0 N–H and O–H groups in total. The van der Waals surface area contributed by atoms with Crippen molar-refractivity contribution in [2.45, 2.75) is 47.0 Å². The molecular weight excluding hydrogens is 276 g/mol. The molecule has 0 fully saturated rings. The molecule has 2 aromatic carbocycles. The summed E-state index contributed by atoms with van der Waals surface area (Å²) >= 11 is 0. The second-order valence-corrected chi connectivity index (χ2v) is 6.24. The summed E-state index contributed by atoms with van der Waals surface area (Å²) in [5, 5.41) is 0. The van der Waals surface area contributed by atoms with E-state index in [1.54, 1.807) is 0 Å². The maximum Gasteiger partial charge on any atom is -0.00256 e. The minimum Gasteiger partial charge on any atom is -0.0913 e. The van der Waals surface area contributed by atoms with Crippen LogP contribution in [0, 0.1) is 13.8 Å². The first-order chi connectivity index (χ1) is 11.1. The zero-order valence-corrected chi connectivity index (χ0v) is 14.9. The number of hydrogen-bond donors (Lipinski definition) is 0. The van der Waals surface area contributed by atoms with Gasteiger partial charge >= 0.3 is 0 Å². The summed E-state index contributed by atoms with van der Waals surface area (Å²) in [5.74, 6) is 0. The van der Waals surface area contributed by atoms with Crippen LogP contribution in [0.4, 0.5) is 0 Å². The molecule has 2 aromatic rings. The van der Waals surface area contributed by atoms with E-state index in [9.17, 15) is 0 Å². The Kier molecular flexibility index (Phi) is 6.40. The average Bonchev–Trinajstić information content (AvgIpc) is 2.55. The second-order valence-electron chi connectivity index (χ2n) is 6.24. The van der Waals surface area contributed by atoms with E-state index in [1.807, 2.05) is 0 Å².